The van der Waals surface area contributed by atoms with E-state index < -0.39 is 95.6 Å². The highest BCUT2D eigenvalue weighted by atomic mass is 16.7. The fourth-order valence-electron chi connectivity index (χ4n) is 12.2. The van der Waals surface area contributed by atoms with Crippen molar-refractivity contribution in [3.63, 3.8) is 0 Å². The molecule has 3 heterocycles. The summed E-state index contributed by atoms with van der Waals surface area (Å²) in [5.41, 5.74) is 0.0715. The standard InChI is InChI=1S/C49H55N7O12/c1-46-16-15-32(58)18-31(46)11-12-33-34-19-38-49(37(60)23-57,47(34,2)21-36(59)42(33)46)68-45(67-38)30-9-5-28(6-10-30)20-48(24-66-25-48)54-44(65)35(13-14-41(63)64)53-40(62)22-50-39(61)17-27-3-7-29(8-4-27)43-55-51-26-52-56-43/h3-10,15-16,18,26,33-36,38,42,45,57,59H,11-14,17,19-25H2,1-2H3,(H,50,61)(H,53,62)(H,54,65)(H,63,64)/t33-,34-,35-,36-,38+,42+,45+,46-,47-,49+/m0/s1. The summed E-state index contributed by atoms with van der Waals surface area (Å²) in [5.74, 6) is -3.27. The molecule has 19 nitrogen and oxygen atoms in total. The maximum atomic E-state index is 14.0. The lowest BCUT2D eigenvalue weighted by molar-refractivity contribution is -0.201. The fourth-order valence-corrected chi connectivity index (χ4v) is 12.2. The number of Topliss-reactive ketones (excluding diaryl/α,β-unsaturated/α-hetero) is 1. The van der Waals surface area contributed by atoms with E-state index in [0.717, 1.165) is 17.6 Å². The van der Waals surface area contributed by atoms with E-state index >= 15 is 0 Å². The number of ether oxygens (including phenoxy) is 3. The first-order valence-corrected chi connectivity index (χ1v) is 23.0. The van der Waals surface area contributed by atoms with Crippen molar-refractivity contribution < 1.29 is 58.3 Å². The molecule has 3 aromatic rings. The minimum absolute atomic E-state index is 0.0252. The summed E-state index contributed by atoms with van der Waals surface area (Å²) in [4.78, 5) is 77.4. The number of benzene rings is 2. The number of nitrogens with one attached hydrogen (secondary N) is 3. The molecule has 3 saturated carbocycles. The fraction of sp³-hybridized carbons (Fsp3) is 0.510. The molecule has 1 aromatic heterocycles. The van der Waals surface area contributed by atoms with Crippen LogP contribution in [0.25, 0.3) is 11.4 Å². The molecule has 19 heteroatoms. The summed E-state index contributed by atoms with van der Waals surface area (Å²) in [7, 11) is 0. The number of aliphatic hydroxyl groups excluding tert-OH is 2. The molecule has 4 aliphatic carbocycles. The van der Waals surface area contributed by atoms with Gasteiger partial charge in [0, 0.05) is 40.7 Å². The molecule has 9 rings (SSSR count). The third-order valence-electron chi connectivity index (χ3n) is 15.5. The average molecular weight is 934 g/mol. The lowest BCUT2D eigenvalue weighted by Crippen LogP contribution is -2.66. The van der Waals surface area contributed by atoms with Gasteiger partial charge in [0.1, 0.15) is 12.6 Å². The van der Waals surface area contributed by atoms with E-state index in [1.807, 2.05) is 37.3 Å². The summed E-state index contributed by atoms with van der Waals surface area (Å²) >= 11 is 0. The Labute approximate surface area is 391 Å². The Bertz CT molecular complexity index is 2540. The topological polar surface area (TPSA) is 278 Å². The second-order valence-electron chi connectivity index (χ2n) is 19.6. The molecule has 0 unspecified atom stereocenters. The van der Waals surface area contributed by atoms with E-state index in [1.54, 1.807) is 36.4 Å². The number of hydrogen-bond acceptors (Lipinski definition) is 15. The molecule has 5 fully saturated rings. The van der Waals surface area contributed by atoms with Crippen LogP contribution in [-0.2, 0) is 55.8 Å². The van der Waals surface area contributed by atoms with Gasteiger partial charge in [-0.3, -0.25) is 28.8 Å². The number of aliphatic hydroxyl groups is 2. The van der Waals surface area contributed by atoms with Crippen LogP contribution in [0.2, 0.25) is 0 Å². The highest BCUT2D eigenvalue weighted by molar-refractivity contribution is 6.01. The number of hydrogen-bond donors (Lipinski definition) is 6. The molecule has 0 radical (unpaired) electrons. The number of allylic oxidation sites excluding steroid dienone is 4. The van der Waals surface area contributed by atoms with Crippen molar-refractivity contribution in [2.24, 2.45) is 28.6 Å². The average Bonchev–Trinajstić information content (AvgIpc) is 3.82. The molecule has 3 amide bonds. The number of amides is 3. The molecule has 358 valence electrons. The Balaban J connectivity index is 0.823. The maximum Gasteiger partial charge on any atom is 0.303 e. The van der Waals surface area contributed by atoms with Crippen molar-refractivity contribution >= 4 is 35.3 Å². The van der Waals surface area contributed by atoms with Gasteiger partial charge in [-0.1, -0.05) is 74.0 Å². The number of ketones is 2. The number of rotatable bonds is 16. The third-order valence-corrected chi connectivity index (χ3v) is 15.5. The highest BCUT2D eigenvalue weighted by Crippen LogP contribution is 2.70. The lowest BCUT2D eigenvalue weighted by Gasteiger charge is -2.59. The van der Waals surface area contributed by atoms with Crippen molar-refractivity contribution in [3.05, 3.63) is 95.3 Å². The van der Waals surface area contributed by atoms with Crippen molar-refractivity contribution in [2.75, 3.05) is 26.4 Å². The Morgan fingerprint density at radius 3 is 2.35 bits per heavy atom. The van der Waals surface area contributed by atoms with Gasteiger partial charge in [-0.25, -0.2) is 0 Å². The number of fused-ring (bicyclic) bond motifs is 7. The van der Waals surface area contributed by atoms with Gasteiger partial charge in [0.15, 0.2) is 29.8 Å². The lowest BCUT2D eigenvalue weighted by atomic mass is 9.46. The van der Waals surface area contributed by atoms with Gasteiger partial charge in [-0.2, -0.15) is 0 Å². The predicted molar refractivity (Wildman–Crippen MR) is 237 cm³/mol. The molecule has 10 atom stereocenters. The Hall–Kier alpha value is -6.12. The number of carboxylic acid groups (broad SMARTS) is 1. The van der Waals surface area contributed by atoms with Gasteiger partial charge in [0.25, 0.3) is 0 Å². The minimum Gasteiger partial charge on any atom is -0.481 e. The van der Waals surface area contributed by atoms with Gasteiger partial charge < -0.3 is 45.5 Å². The van der Waals surface area contributed by atoms with Crippen LogP contribution in [0.4, 0.5) is 0 Å². The van der Waals surface area contributed by atoms with E-state index in [-0.39, 0.29) is 56.0 Å². The summed E-state index contributed by atoms with van der Waals surface area (Å²) < 4.78 is 18.9. The Morgan fingerprint density at radius 2 is 1.68 bits per heavy atom. The molecule has 68 heavy (non-hydrogen) atoms. The maximum absolute atomic E-state index is 14.0. The van der Waals surface area contributed by atoms with Crippen LogP contribution >= 0.6 is 0 Å². The van der Waals surface area contributed by atoms with Gasteiger partial charge in [0.2, 0.25) is 23.5 Å². The van der Waals surface area contributed by atoms with Crippen molar-refractivity contribution in [1.29, 1.82) is 0 Å². The third kappa shape index (κ3) is 8.54. The van der Waals surface area contributed by atoms with Gasteiger partial charge in [-0.05, 0) is 67.2 Å². The minimum atomic E-state index is -1.50. The molecule has 6 aliphatic rings. The molecule has 6 N–H and O–H groups in total. The smallest absolute Gasteiger partial charge is 0.303 e. The summed E-state index contributed by atoms with van der Waals surface area (Å²) in [6.07, 6.45) is 5.94. The number of carbonyl (C=O) groups is 6. The van der Waals surface area contributed by atoms with Crippen LogP contribution in [-0.4, -0.2) is 127 Å². The summed E-state index contributed by atoms with van der Waals surface area (Å²) in [6.45, 7) is 3.19. The molecular weight excluding hydrogens is 879 g/mol. The van der Waals surface area contributed by atoms with E-state index in [2.05, 4.69) is 43.3 Å². The van der Waals surface area contributed by atoms with Gasteiger partial charge >= 0.3 is 5.97 Å². The van der Waals surface area contributed by atoms with Crippen LogP contribution < -0.4 is 16.0 Å². The number of aromatic nitrogens is 4. The first-order valence-electron chi connectivity index (χ1n) is 23.0. The molecule has 2 saturated heterocycles. The zero-order valence-electron chi connectivity index (χ0n) is 37.8. The normalized spacial score (nSPS) is 31.1. The van der Waals surface area contributed by atoms with Gasteiger partial charge in [-0.15, -0.1) is 20.4 Å². The first-order chi connectivity index (χ1) is 32.6. The van der Waals surface area contributed by atoms with Crippen LogP contribution in [0.3, 0.4) is 0 Å². The van der Waals surface area contributed by atoms with Crippen LogP contribution in [0.15, 0.2) is 78.7 Å². The van der Waals surface area contributed by atoms with E-state index in [4.69, 9.17) is 14.2 Å². The molecule has 2 aliphatic heterocycles. The number of aliphatic carboxylic acids is 1. The zero-order valence-corrected chi connectivity index (χ0v) is 37.8. The molecule has 0 spiro atoms. The predicted octanol–water partition coefficient (Wildman–Crippen LogP) is 1.67. The number of carboxylic acids is 1. The summed E-state index contributed by atoms with van der Waals surface area (Å²) in [5, 5.41) is 55.1. The van der Waals surface area contributed by atoms with Crippen molar-refractivity contribution in [2.45, 2.75) is 101 Å². The van der Waals surface area contributed by atoms with E-state index in [1.165, 1.54) is 6.33 Å². The highest BCUT2D eigenvalue weighted by Gasteiger charge is 2.76. The van der Waals surface area contributed by atoms with Crippen molar-refractivity contribution in [1.82, 2.24) is 36.3 Å². The Kier molecular flexibility index (Phi) is 12.7. The SMILES string of the molecule is C[C@]12C=CC(=O)C=C1CC[C@@H]1[C@@H]2[C@@H](O)C[C@@]2(C)[C@H]1C[C@H]1O[C@@H](c3ccc(CC4(NC(=O)[C@H](CCC(=O)O)NC(=O)CNC(=O)Cc5ccc(-c6nncnn6)cc5)COC4)cc3)O[C@]12C(=O)CO. The summed E-state index contributed by atoms with van der Waals surface area (Å²) in [6, 6.07) is 13.0. The van der Waals surface area contributed by atoms with Crippen molar-refractivity contribution in [3.8, 4) is 11.4 Å². The van der Waals surface area contributed by atoms with Gasteiger partial charge in [0.05, 0.1) is 43.9 Å². The second kappa shape index (κ2) is 18.4. The second-order valence-corrected chi connectivity index (χ2v) is 19.6. The van der Waals surface area contributed by atoms with Crippen LogP contribution in [0.1, 0.15) is 75.4 Å². The Morgan fingerprint density at radius 1 is 0.956 bits per heavy atom. The monoisotopic (exact) mass is 933 g/mol. The molecule has 2 aromatic carbocycles. The van der Waals surface area contributed by atoms with Crippen LogP contribution in [0.5, 0.6) is 0 Å². The number of nitrogens with zero attached hydrogens (tertiary/aromatic N) is 4. The number of carbonyl (C=O) groups excluding carboxylic acids is 5. The van der Waals surface area contributed by atoms with E-state index in [0.29, 0.717) is 41.8 Å². The zero-order chi connectivity index (χ0) is 48.0. The van der Waals surface area contributed by atoms with Crippen LogP contribution in [0, 0.1) is 28.6 Å². The molecule has 0 bridgehead atoms. The largest absolute Gasteiger partial charge is 0.481 e. The quantitative estimate of drug-likeness (QED) is 0.119. The molecular formula is C49H55N7O12. The first kappa shape index (κ1) is 47.0. The van der Waals surface area contributed by atoms with E-state index in [9.17, 15) is 44.1 Å².